The van der Waals surface area contributed by atoms with Gasteiger partial charge in [-0.2, -0.15) is 0 Å². The average molecular weight is 280 g/mol. The van der Waals surface area contributed by atoms with Crippen molar-refractivity contribution in [2.45, 2.75) is 38.8 Å². The Morgan fingerprint density at radius 1 is 1.35 bits per heavy atom. The van der Waals surface area contributed by atoms with Gasteiger partial charge >= 0.3 is 0 Å². The number of carbonyl (C=O) groups excluding carboxylic acids is 1. The number of likely N-dealkylation sites (tertiary alicyclic amines) is 1. The van der Waals surface area contributed by atoms with E-state index in [4.69, 9.17) is 10.5 Å². The van der Waals surface area contributed by atoms with Gasteiger partial charge in [-0.25, -0.2) is 4.39 Å². The molecule has 2 rings (SSSR count). The molecule has 5 heteroatoms. The van der Waals surface area contributed by atoms with Gasteiger partial charge in [-0.15, -0.1) is 0 Å². The highest BCUT2D eigenvalue weighted by Gasteiger charge is 2.24. The molecule has 1 heterocycles. The third-order valence-electron chi connectivity index (χ3n) is 3.54. The number of rotatable bonds is 4. The lowest BCUT2D eigenvalue weighted by atomic mass is 10.1. The molecule has 0 aromatic heterocycles. The van der Waals surface area contributed by atoms with E-state index < -0.39 is 11.9 Å². The Balaban J connectivity index is 2.02. The summed E-state index contributed by atoms with van der Waals surface area (Å²) >= 11 is 0. The molecule has 1 aromatic carbocycles. The van der Waals surface area contributed by atoms with Gasteiger partial charge in [0.1, 0.15) is 11.6 Å². The largest absolute Gasteiger partial charge is 0.481 e. The average Bonchev–Trinajstić information content (AvgIpc) is 2.91. The van der Waals surface area contributed by atoms with Crippen molar-refractivity contribution in [3.63, 3.8) is 0 Å². The van der Waals surface area contributed by atoms with Crippen LogP contribution in [0.2, 0.25) is 0 Å². The zero-order valence-electron chi connectivity index (χ0n) is 11.9. The maximum absolute atomic E-state index is 13.8. The van der Waals surface area contributed by atoms with Crippen LogP contribution in [0.15, 0.2) is 18.2 Å². The summed E-state index contributed by atoms with van der Waals surface area (Å²) in [5.74, 6) is -0.0931. The van der Waals surface area contributed by atoms with E-state index in [2.05, 4.69) is 0 Å². The van der Waals surface area contributed by atoms with Crippen LogP contribution in [0.25, 0.3) is 0 Å². The van der Waals surface area contributed by atoms with Gasteiger partial charge in [0.15, 0.2) is 6.10 Å². The highest BCUT2D eigenvalue weighted by atomic mass is 19.1. The fourth-order valence-electron chi connectivity index (χ4n) is 2.40. The molecule has 1 amide bonds. The van der Waals surface area contributed by atoms with E-state index in [1.807, 2.05) is 0 Å². The monoisotopic (exact) mass is 280 g/mol. The molecule has 1 aromatic rings. The number of halogens is 1. The van der Waals surface area contributed by atoms with Gasteiger partial charge in [-0.1, -0.05) is 6.07 Å². The second kappa shape index (κ2) is 6.22. The van der Waals surface area contributed by atoms with Gasteiger partial charge in [0.25, 0.3) is 5.91 Å². The number of carbonyl (C=O) groups is 1. The minimum atomic E-state index is -0.603. The summed E-state index contributed by atoms with van der Waals surface area (Å²) in [7, 11) is 0. The fraction of sp³-hybridized carbons (Fsp3) is 0.533. The molecule has 110 valence electrons. The first kappa shape index (κ1) is 14.8. The van der Waals surface area contributed by atoms with E-state index in [1.165, 1.54) is 6.07 Å². The van der Waals surface area contributed by atoms with Crippen molar-refractivity contribution in [2.75, 3.05) is 13.1 Å². The Hall–Kier alpha value is -1.62. The standard InChI is InChI=1S/C15H21FN2O2/c1-10(17)13-6-5-12(9-14(13)16)20-11(2)15(19)18-7-3-4-8-18/h5-6,9-11H,3-4,7-8,17H2,1-2H3/t10-,11?/m0/s1. The van der Waals surface area contributed by atoms with Crippen molar-refractivity contribution in [3.8, 4) is 5.75 Å². The topological polar surface area (TPSA) is 55.6 Å². The molecule has 1 aliphatic heterocycles. The number of amides is 1. The predicted octanol–water partition coefficient (Wildman–Crippen LogP) is 2.24. The quantitative estimate of drug-likeness (QED) is 0.920. The van der Waals surface area contributed by atoms with Crippen molar-refractivity contribution < 1.29 is 13.9 Å². The lowest BCUT2D eigenvalue weighted by Gasteiger charge is -2.21. The van der Waals surface area contributed by atoms with Crippen LogP contribution in [-0.2, 0) is 4.79 Å². The minimum Gasteiger partial charge on any atom is -0.481 e. The van der Waals surface area contributed by atoms with Crippen LogP contribution in [0.4, 0.5) is 4.39 Å². The molecule has 0 bridgehead atoms. The third kappa shape index (κ3) is 3.28. The summed E-state index contributed by atoms with van der Waals surface area (Å²) in [6.07, 6.45) is 1.47. The molecule has 1 aliphatic rings. The van der Waals surface area contributed by atoms with Crippen LogP contribution in [0, 0.1) is 5.82 Å². The number of ether oxygens (including phenoxy) is 1. The van der Waals surface area contributed by atoms with Gasteiger partial charge in [-0.05, 0) is 32.8 Å². The molecule has 0 aliphatic carbocycles. The Morgan fingerprint density at radius 3 is 2.55 bits per heavy atom. The molecule has 1 unspecified atom stereocenters. The molecule has 0 spiro atoms. The van der Waals surface area contributed by atoms with Crippen molar-refractivity contribution in [1.82, 2.24) is 4.90 Å². The minimum absolute atomic E-state index is 0.0424. The van der Waals surface area contributed by atoms with Crippen molar-refractivity contribution in [2.24, 2.45) is 5.73 Å². The summed E-state index contributed by atoms with van der Waals surface area (Å²) < 4.78 is 19.3. The summed E-state index contributed by atoms with van der Waals surface area (Å²) in [5.41, 5.74) is 6.10. The second-order valence-corrected chi connectivity index (χ2v) is 5.26. The van der Waals surface area contributed by atoms with E-state index >= 15 is 0 Å². The van der Waals surface area contributed by atoms with Crippen LogP contribution >= 0.6 is 0 Å². The predicted molar refractivity (Wildman–Crippen MR) is 74.9 cm³/mol. The SMILES string of the molecule is CC(Oc1ccc([C@H](C)N)c(F)c1)C(=O)N1CCCC1. The molecule has 1 fully saturated rings. The molecular formula is C15H21FN2O2. The first-order chi connectivity index (χ1) is 9.49. The molecule has 1 saturated heterocycles. The third-order valence-corrected chi connectivity index (χ3v) is 3.54. The van der Waals surface area contributed by atoms with Gasteiger partial charge in [-0.3, -0.25) is 4.79 Å². The molecule has 20 heavy (non-hydrogen) atoms. The lowest BCUT2D eigenvalue weighted by molar-refractivity contribution is -0.136. The van der Waals surface area contributed by atoms with Crippen molar-refractivity contribution >= 4 is 5.91 Å². The highest BCUT2D eigenvalue weighted by molar-refractivity contribution is 5.81. The summed E-state index contributed by atoms with van der Waals surface area (Å²) in [6, 6.07) is 4.16. The molecule has 2 N–H and O–H groups in total. The van der Waals surface area contributed by atoms with Gasteiger partial charge in [0.05, 0.1) is 0 Å². The van der Waals surface area contributed by atoms with Crippen LogP contribution in [0.1, 0.15) is 38.3 Å². The smallest absolute Gasteiger partial charge is 0.263 e. The number of benzene rings is 1. The Bertz CT molecular complexity index is 485. The first-order valence-corrected chi connectivity index (χ1v) is 6.99. The normalized spacial score (nSPS) is 17.9. The van der Waals surface area contributed by atoms with E-state index in [9.17, 15) is 9.18 Å². The van der Waals surface area contributed by atoms with Crippen molar-refractivity contribution in [3.05, 3.63) is 29.6 Å². The van der Waals surface area contributed by atoms with E-state index in [0.717, 1.165) is 25.9 Å². The molecule has 0 radical (unpaired) electrons. The maximum Gasteiger partial charge on any atom is 0.263 e. The molecular weight excluding hydrogens is 259 g/mol. The number of hydrogen-bond acceptors (Lipinski definition) is 3. The van der Waals surface area contributed by atoms with Crippen molar-refractivity contribution in [1.29, 1.82) is 0 Å². The first-order valence-electron chi connectivity index (χ1n) is 6.99. The zero-order chi connectivity index (χ0) is 14.7. The van der Waals surface area contributed by atoms with E-state index in [1.54, 1.807) is 30.9 Å². The van der Waals surface area contributed by atoms with Crippen LogP contribution in [-0.4, -0.2) is 30.0 Å². The highest BCUT2D eigenvalue weighted by Crippen LogP contribution is 2.22. The molecule has 2 atom stereocenters. The van der Waals surface area contributed by atoms with Crippen LogP contribution in [0.5, 0.6) is 5.75 Å². The van der Waals surface area contributed by atoms with E-state index in [-0.39, 0.29) is 11.9 Å². The van der Waals surface area contributed by atoms with Gasteiger partial charge in [0.2, 0.25) is 0 Å². The number of nitrogens with two attached hydrogens (primary N) is 1. The number of hydrogen-bond donors (Lipinski definition) is 1. The Labute approximate surface area is 118 Å². The van der Waals surface area contributed by atoms with Gasteiger partial charge in [0, 0.05) is 30.8 Å². The van der Waals surface area contributed by atoms with Gasteiger partial charge < -0.3 is 15.4 Å². The molecule has 4 nitrogen and oxygen atoms in total. The zero-order valence-corrected chi connectivity index (χ0v) is 11.9. The Kier molecular flexibility index (Phi) is 4.60. The maximum atomic E-state index is 13.8. The second-order valence-electron chi connectivity index (χ2n) is 5.26. The summed E-state index contributed by atoms with van der Waals surface area (Å²) in [6.45, 7) is 4.98. The Morgan fingerprint density at radius 2 is 2.00 bits per heavy atom. The van der Waals surface area contributed by atoms with E-state index in [0.29, 0.717) is 11.3 Å². The van der Waals surface area contributed by atoms with Crippen LogP contribution in [0.3, 0.4) is 0 Å². The summed E-state index contributed by atoms with van der Waals surface area (Å²) in [5, 5.41) is 0. The molecule has 0 saturated carbocycles. The summed E-state index contributed by atoms with van der Waals surface area (Å²) in [4.78, 5) is 13.9. The lowest BCUT2D eigenvalue weighted by Crippen LogP contribution is -2.38. The number of nitrogens with zero attached hydrogens (tertiary/aromatic N) is 1. The fourth-order valence-corrected chi connectivity index (χ4v) is 2.40. The van der Waals surface area contributed by atoms with Crippen LogP contribution < -0.4 is 10.5 Å².